The molecule has 2 amide bonds. The summed E-state index contributed by atoms with van der Waals surface area (Å²) in [6.07, 6.45) is 4.67. The molecule has 3 rings (SSSR count). The summed E-state index contributed by atoms with van der Waals surface area (Å²) in [5, 5.41) is 7.28. The van der Waals surface area contributed by atoms with Crippen LogP contribution < -0.4 is 5.32 Å². The number of ether oxygens (including phenoxy) is 1. The summed E-state index contributed by atoms with van der Waals surface area (Å²) in [6, 6.07) is 0. The first kappa shape index (κ1) is 19.6. The highest BCUT2D eigenvalue weighted by Crippen LogP contribution is 2.38. The summed E-state index contributed by atoms with van der Waals surface area (Å²) in [5.41, 5.74) is -1.03. The zero-order chi connectivity index (χ0) is 19.7. The molecule has 2 aliphatic rings. The molecule has 1 aromatic heterocycles. The Bertz CT molecular complexity index is 680. The fourth-order valence-electron chi connectivity index (χ4n) is 3.87. The van der Waals surface area contributed by atoms with Crippen molar-refractivity contribution >= 4 is 12.0 Å². The molecule has 8 heteroatoms. The highest BCUT2D eigenvalue weighted by molar-refractivity contribution is 5.80. The molecule has 150 valence electrons. The topological polar surface area (TPSA) is 97.6 Å². The molecule has 0 spiro atoms. The Hall–Kier alpha value is -2.12. The first-order chi connectivity index (χ1) is 12.7. The van der Waals surface area contributed by atoms with E-state index in [9.17, 15) is 9.59 Å². The van der Waals surface area contributed by atoms with Crippen LogP contribution in [0.5, 0.6) is 0 Å². The number of nitrogens with zero attached hydrogens (tertiary/aromatic N) is 3. The average molecular weight is 378 g/mol. The van der Waals surface area contributed by atoms with Crippen LogP contribution in [0.15, 0.2) is 4.52 Å². The summed E-state index contributed by atoms with van der Waals surface area (Å²) in [7, 11) is 0. The van der Waals surface area contributed by atoms with Crippen molar-refractivity contribution in [1.29, 1.82) is 0 Å². The molecule has 1 N–H and O–H groups in total. The van der Waals surface area contributed by atoms with Crippen molar-refractivity contribution in [3.8, 4) is 0 Å². The number of piperidine rings is 1. The van der Waals surface area contributed by atoms with Crippen molar-refractivity contribution in [2.75, 3.05) is 13.1 Å². The van der Waals surface area contributed by atoms with Gasteiger partial charge in [0.25, 0.3) is 0 Å². The largest absolute Gasteiger partial charge is 0.444 e. The van der Waals surface area contributed by atoms with Crippen LogP contribution in [0, 0.1) is 12.8 Å². The van der Waals surface area contributed by atoms with Crippen LogP contribution in [0.25, 0.3) is 0 Å². The summed E-state index contributed by atoms with van der Waals surface area (Å²) in [6.45, 7) is 8.37. The number of nitrogens with one attached hydrogen (secondary N) is 1. The zero-order valence-electron chi connectivity index (χ0n) is 16.7. The molecule has 0 unspecified atom stereocenters. The lowest BCUT2D eigenvalue weighted by Gasteiger charge is -2.35. The maximum atomic E-state index is 12.9. The van der Waals surface area contributed by atoms with Gasteiger partial charge in [-0.3, -0.25) is 4.79 Å². The van der Waals surface area contributed by atoms with Gasteiger partial charge in [-0.15, -0.1) is 0 Å². The van der Waals surface area contributed by atoms with E-state index in [1.54, 1.807) is 11.8 Å². The van der Waals surface area contributed by atoms with Crippen LogP contribution >= 0.6 is 0 Å². The van der Waals surface area contributed by atoms with Gasteiger partial charge in [-0.05, 0) is 46.5 Å². The van der Waals surface area contributed by atoms with Gasteiger partial charge in [0.1, 0.15) is 11.1 Å². The van der Waals surface area contributed by atoms with Crippen molar-refractivity contribution in [3.63, 3.8) is 0 Å². The second kappa shape index (κ2) is 7.48. The van der Waals surface area contributed by atoms with E-state index in [1.807, 2.05) is 20.8 Å². The third-order valence-electron chi connectivity index (χ3n) is 5.29. The Morgan fingerprint density at radius 2 is 1.85 bits per heavy atom. The van der Waals surface area contributed by atoms with E-state index in [2.05, 4.69) is 15.5 Å². The van der Waals surface area contributed by atoms with Crippen LogP contribution in [0.1, 0.15) is 71.0 Å². The van der Waals surface area contributed by atoms with Crippen molar-refractivity contribution in [2.45, 2.75) is 77.4 Å². The molecular weight excluding hydrogens is 348 g/mol. The molecular formula is C19H30N4O4. The minimum Gasteiger partial charge on any atom is -0.444 e. The molecule has 1 aliphatic carbocycles. The summed E-state index contributed by atoms with van der Waals surface area (Å²) < 4.78 is 10.6. The Morgan fingerprint density at radius 3 is 2.37 bits per heavy atom. The Morgan fingerprint density at radius 1 is 1.22 bits per heavy atom. The molecule has 2 fully saturated rings. The lowest BCUT2D eigenvalue weighted by atomic mass is 9.91. The van der Waals surface area contributed by atoms with Gasteiger partial charge in [0.05, 0.1) is 0 Å². The van der Waals surface area contributed by atoms with Crippen molar-refractivity contribution < 1.29 is 18.8 Å². The van der Waals surface area contributed by atoms with E-state index in [1.165, 1.54) is 0 Å². The standard InChI is InChI=1S/C19H30N4O4/c1-13-20-16(22-27-13)19(9-5-6-10-19)21-15(24)14-7-11-23(12-8-14)17(25)26-18(2,3)4/h14H,5-12H2,1-4H3,(H,21,24). The summed E-state index contributed by atoms with van der Waals surface area (Å²) in [5.74, 6) is 0.991. The van der Waals surface area contributed by atoms with Crippen molar-refractivity contribution in [2.24, 2.45) is 5.92 Å². The number of hydrogen-bond acceptors (Lipinski definition) is 6. The zero-order valence-corrected chi connectivity index (χ0v) is 16.7. The number of hydrogen-bond donors (Lipinski definition) is 1. The van der Waals surface area contributed by atoms with Crippen LogP contribution in [-0.4, -0.2) is 45.7 Å². The SMILES string of the molecule is Cc1nc(C2(NC(=O)C3CCN(C(=O)OC(C)(C)C)CC3)CCCC2)no1. The van der Waals surface area contributed by atoms with Gasteiger partial charge in [0.2, 0.25) is 11.8 Å². The predicted molar refractivity (Wildman–Crippen MR) is 97.9 cm³/mol. The second-order valence-corrected chi connectivity index (χ2v) is 8.66. The van der Waals surface area contributed by atoms with E-state index in [0.29, 0.717) is 37.6 Å². The van der Waals surface area contributed by atoms with Gasteiger partial charge in [-0.2, -0.15) is 4.98 Å². The van der Waals surface area contributed by atoms with Gasteiger partial charge in [-0.1, -0.05) is 18.0 Å². The van der Waals surface area contributed by atoms with Gasteiger partial charge in [0.15, 0.2) is 5.82 Å². The first-order valence-corrected chi connectivity index (χ1v) is 9.79. The molecule has 0 radical (unpaired) electrons. The molecule has 1 saturated carbocycles. The minimum absolute atomic E-state index is 0.0168. The van der Waals surface area contributed by atoms with Crippen LogP contribution in [0.3, 0.4) is 0 Å². The third kappa shape index (κ3) is 4.59. The molecule has 1 saturated heterocycles. The quantitative estimate of drug-likeness (QED) is 0.868. The first-order valence-electron chi connectivity index (χ1n) is 9.79. The van der Waals surface area contributed by atoms with E-state index in [-0.39, 0.29) is 17.9 Å². The fraction of sp³-hybridized carbons (Fsp3) is 0.789. The molecule has 1 aliphatic heterocycles. The fourth-order valence-corrected chi connectivity index (χ4v) is 3.87. The maximum Gasteiger partial charge on any atom is 0.410 e. The van der Waals surface area contributed by atoms with E-state index in [4.69, 9.17) is 9.26 Å². The highest BCUT2D eigenvalue weighted by Gasteiger charge is 2.42. The number of carbonyl (C=O) groups is 2. The number of carbonyl (C=O) groups excluding carboxylic acids is 2. The van der Waals surface area contributed by atoms with Crippen molar-refractivity contribution in [3.05, 3.63) is 11.7 Å². The van der Waals surface area contributed by atoms with E-state index in [0.717, 1.165) is 25.7 Å². The lowest BCUT2D eigenvalue weighted by molar-refractivity contribution is -0.128. The number of aryl methyl sites for hydroxylation is 1. The van der Waals surface area contributed by atoms with Crippen molar-refractivity contribution in [1.82, 2.24) is 20.4 Å². The normalized spacial score (nSPS) is 20.5. The number of rotatable bonds is 3. The molecule has 27 heavy (non-hydrogen) atoms. The van der Waals surface area contributed by atoms with E-state index < -0.39 is 11.1 Å². The number of aromatic nitrogens is 2. The van der Waals surface area contributed by atoms with E-state index >= 15 is 0 Å². The second-order valence-electron chi connectivity index (χ2n) is 8.66. The Balaban J connectivity index is 1.58. The van der Waals surface area contributed by atoms with Gasteiger partial charge >= 0.3 is 6.09 Å². The van der Waals surface area contributed by atoms with Gasteiger partial charge in [-0.25, -0.2) is 4.79 Å². The smallest absolute Gasteiger partial charge is 0.410 e. The maximum absolute atomic E-state index is 12.9. The molecule has 1 aromatic rings. The summed E-state index contributed by atoms with van der Waals surface area (Å²) in [4.78, 5) is 31.2. The lowest BCUT2D eigenvalue weighted by Crippen LogP contribution is -2.50. The number of amides is 2. The predicted octanol–water partition coefficient (Wildman–Crippen LogP) is 2.91. The monoisotopic (exact) mass is 378 g/mol. The molecule has 0 aromatic carbocycles. The third-order valence-corrected chi connectivity index (χ3v) is 5.29. The minimum atomic E-state index is -0.517. The molecule has 8 nitrogen and oxygen atoms in total. The molecule has 0 atom stereocenters. The van der Waals surface area contributed by atoms with Gasteiger partial charge < -0.3 is 19.5 Å². The van der Waals surface area contributed by atoms with Crippen LogP contribution in [-0.2, 0) is 15.1 Å². The molecule has 2 heterocycles. The number of likely N-dealkylation sites (tertiary alicyclic amines) is 1. The Kier molecular flexibility index (Phi) is 5.44. The molecule has 0 bridgehead atoms. The average Bonchev–Trinajstić information content (AvgIpc) is 3.23. The summed E-state index contributed by atoms with van der Waals surface area (Å²) >= 11 is 0. The van der Waals surface area contributed by atoms with Gasteiger partial charge in [0, 0.05) is 25.9 Å². The highest BCUT2D eigenvalue weighted by atomic mass is 16.6. The Labute approximate surface area is 160 Å². The van der Waals surface area contributed by atoms with Crippen LogP contribution in [0.2, 0.25) is 0 Å². The van der Waals surface area contributed by atoms with Crippen LogP contribution in [0.4, 0.5) is 4.79 Å².